The molecule has 0 bridgehead atoms. The van der Waals surface area contributed by atoms with Crippen LogP contribution in [0.2, 0.25) is 0 Å². The van der Waals surface area contributed by atoms with E-state index in [0.29, 0.717) is 31.6 Å². The van der Waals surface area contributed by atoms with Crippen molar-refractivity contribution >= 4 is 28.1 Å². The van der Waals surface area contributed by atoms with Gasteiger partial charge in [0.05, 0.1) is 13.0 Å². The van der Waals surface area contributed by atoms with Crippen LogP contribution in [-0.4, -0.2) is 44.0 Å². The zero-order chi connectivity index (χ0) is 24.8. The largest absolute Gasteiger partial charge is 0.497 e. The molecule has 1 amide bonds. The molecule has 9 heteroatoms. The van der Waals surface area contributed by atoms with Crippen molar-refractivity contribution in [1.29, 1.82) is 0 Å². The van der Waals surface area contributed by atoms with Gasteiger partial charge in [-0.2, -0.15) is 4.31 Å². The standard InChI is InChI=1S/C26H29N3O5S/c1-19-25(24(34-28-19)15-12-20-7-4-3-5-8-20)35(31,32)29-16-6-9-22(18-29)26(30)27-17-21-10-13-23(33-2)14-11-21/h3-5,7-8,10-15,22H,6,9,16-18H2,1-2H3,(H,27,30)/b15-12+. The summed E-state index contributed by atoms with van der Waals surface area (Å²) < 4.78 is 39.0. The molecule has 0 radical (unpaired) electrons. The number of hydrogen-bond acceptors (Lipinski definition) is 6. The molecular formula is C26H29N3O5S. The summed E-state index contributed by atoms with van der Waals surface area (Å²) in [6.07, 6.45) is 4.62. The molecule has 4 rings (SSSR count). The fourth-order valence-corrected chi connectivity index (χ4v) is 5.89. The Morgan fingerprint density at radius 3 is 2.63 bits per heavy atom. The van der Waals surface area contributed by atoms with Crippen LogP contribution in [0.3, 0.4) is 0 Å². The molecule has 0 aliphatic carbocycles. The Morgan fingerprint density at radius 1 is 1.17 bits per heavy atom. The molecule has 1 aliphatic heterocycles. The second-order valence-electron chi connectivity index (χ2n) is 8.47. The summed E-state index contributed by atoms with van der Waals surface area (Å²) in [4.78, 5) is 12.9. The third-order valence-corrected chi connectivity index (χ3v) is 8.06. The highest BCUT2D eigenvalue weighted by atomic mass is 32.2. The number of aryl methyl sites for hydroxylation is 1. The number of aromatic nitrogens is 1. The van der Waals surface area contributed by atoms with Gasteiger partial charge >= 0.3 is 0 Å². The fourth-order valence-electron chi connectivity index (χ4n) is 4.12. The average Bonchev–Trinajstić information content (AvgIpc) is 3.28. The average molecular weight is 496 g/mol. The van der Waals surface area contributed by atoms with E-state index in [-0.39, 0.29) is 23.1 Å². The van der Waals surface area contributed by atoms with Gasteiger partial charge in [-0.1, -0.05) is 53.7 Å². The molecule has 1 aliphatic rings. The van der Waals surface area contributed by atoms with Crippen LogP contribution in [0.1, 0.15) is 35.4 Å². The van der Waals surface area contributed by atoms with Crippen LogP contribution >= 0.6 is 0 Å². The molecule has 1 fully saturated rings. The number of benzene rings is 2. The topological polar surface area (TPSA) is 102 Å². The molecule has 3 aromatic rings. The van der Waals surface area contributed by atoms with E-state index in [9.17, 15) is 13.2 Å². The van der Waals surface area contributed by atoms with Gasteiger partial charge in [0.25, 0.3) is 0 Å². The molecule has 1 aromatic heterocycles. The maximum absolute atomic E-state index is 13.6. The van der Waals surface area contributed by atoms with Gasteiger partial charge < -0.3 is 14.6 Å². The minimum absolute atomic E-state index is 0.0453. The van der Waals surface area contributed by atoms with Crippen molar-refractivity contribution < 1.29 is 22.5 Å². The van der Waals surface area contributed by atoms with Crippen molar-refractivity contribution in [2.45, 2.75) is 31.2 Å². The lowest BCUT2D eigenvalue weighted by molar-refractivity contribution is -0.126. The van der Waals surface area contributed by atoms with Crippen molar-refractivity contribution in [3.8, 4) is 5.75 Å². The Balaban J connectivity index is 1.45. The number of amides is 1. The fraction of sp³-hybridized carbons (Fsp3) is 0.308. The number of piperidine rings is 1. The van der Waals surface area contributed by atoms with E-state index in [4.69, 9.17) is 9.26 Å². The summed E-state index contributed by atoms with van der Waals surface area (Å²) >= 11 is 0. The Kier molecular flexibility index (Phi) is 7.67. The highest BCUT2D eigenvalue weighted by Crippen LogP contribution is 2.29. The van der Waals surface area contributed by atoms with Crippen LogP contribution < -0.4 is 10.1 Å². The molecule has 1 atom stereocenters. The third-order valence-electron chi connectivity index (χ3n) is 6.04. The summed E-state index contributed by atoms with van der Waals surface area (Å²) in [5.41, 5.74) is 2.15. The van der Waals surface area contributed by atoms with E-state index in [1.165, 1.54) is 4.31 Å². The first-order valence-electron chi connectivity index (χ1n) is 11.5. The zero-order valence-corrected chi connectivity index (χ0v) is 20.6. The monoisotopic (exact) mass is 495 g/mol. The minimum atomic E-state index is -3.89. The highest BCUT2D eigenvalue weighted by molar-refractivity contribution is 7.89. The Bertz CT molecular complexity index is 1280. The molecule has 8 nitrogen and oxygen atoms in total. The Hall–Kier alpha value is -3.43. The maximum atomic E-state index is 13.6. The first kappa shape index (κ1) is 24.7. The smallest absolute Gasteiger partial charge is 0.248 e. The SMILES string of the molecule is COc1ccc(CNC(=O)C2CCCN(S(=O)(=O)c3c(C)noc3/C=C/c3ccccc3)C2)cc1. The number of carbonyl (C=O) groups excluding carboxylic acids is 1. The first-order valence-corrected chi connectivity index (χ1v) is 12.9. The number of methoxy groups -OCH3 is 1. The summed E-state index contributed by atoms with van der Waals surface area (Å²) in [5.74, 6) is 0.333. The summed E-state index contributed by atoms with van der Waals surface area (Å²) in [6, 6.07) is 17.0. The molecule has 1 unspecified atom stereocenters. The number of nitrogens with zero attached hydrogens (tertiary/aromatic N) is 2. The van der Waals surface area contributed by atoms with E-state index in [2.05, 4.69) is 10.5 Å². The normalized spacial score (nSPS) is 16.9. The van der Waals surface area contributed by atoms with Crippen molar-refractivity contribution in [2.75, 3.05) is 20.2 Å². The molecule has 2 aromatic carbocycles. The van der Waals surface area contributed by atoms with E-state index in [1.807, 2.05) is 54.6 Å². The summed E-state index contributed by atoms with van der Waals surface area (Å²) in [7, 11) is -2.29. The van der Waals surface area contributed by atoms with Crippen molar-refractivity contribution in [2.24, 2.45) is 5.92 Å². The Morgan fingerprint density at radius 2 is 1.91 bits per heavy atom. The lowest BCUT2D eigenvalue weighted by Crippen LogP contribution is -2.45. The molecule has 0 saturated carbocycles. The second-order valence-corrected chi connectivity index (χ2v) is 10.3. The number of ether oxygens (including phenoxy) is 1. The van der Waals surface area contributed by atoms with Crippen LogP contribution in [0.5, 0.6) is 5.75 Å². The number of carbonyl (C=O) groups is 1. The molecule has 1 N–H and O–H groups in total. The second kappa shape index (κ2) is 10.9. The van der Waals surface area contributed by atoms with Gasteiger partial charge in [0.15, 0.2) is 10.7 Å². The van der Waals surface area contributed by atoms with Crippen LogP contribution in [0.15, 0.2) is 64.0 Å². The molecule has 35 heavy (non-hydrogen) atoms. The van der Waals surface area contributed by atoms with Gasteiger partial charge in [-0.3, -0.25) is 4.79 Å². The van der Waals surface area contributed by atoms with Crippen LogP contribution in [0.25, 0.3) is 12.2 Å². The van der Waals surface area contributed by atoms with E-state index in [0.717, 1.165) is 16.9 Å². The highest BCUT2D eigenvalue weighted by Gasteiger charge is 2.36. The molecule has 0 spiro atoms. The predicted molar refractivity (Wildman–Crippen MR) is 133 cm³/mol. The van der Waals surface area contributed by atoms with Crippen LogP contribution in [0.4, 0.5) is 0 Å². The number of hydrogen-bond donors (Lipinski definition) is 1. The zero-order valence-electron chi connectivity index (χ0n) is 19.8. The van der Waals surface area contributed by atoms with Gasteiger partial charge in [0.2, 0.25) is 15.9 Å². The number of nitrogens with one attached hydrogen (secondary N) is 1. The minimum Gasteiger partial charge on any atom is -0.497 e. The van der Waals surface area contributed by atoms with E-state index < -0.39 is 15.9 Å². The lowest BCUT2D eigenvalue weighted by Gasteiger charge is -2.31. The molecule has 2 heterocycles. The molecule has 184 valence electrons. The maximum Gasteiger partial charge on any atom is 0.248 e. The van der Waals surface area contributed by atoms with Crippen molar-refractivity contribution in [3.05, 3.63) is 77.2 Å². The van der Waals surface area contributed by atoms with Gasteiger partial charge in [0, 0.05) is 19.6 Å². The van der Waals surface area contributed by atoms with Gasteiger partial charge in [-0.15, -0.1) is 0 Å². The van der Waals surface area contributed by atoms with Crippen LogP contribution in [-0.2, 0) is 21.4 Å². The Labute approximate surface area is 205 Å². The molecular weight excluding hydrogens is 466 g/mol. The van der Waals surface area contributed by atoms with Crippen LogP contribution in [0, 0.1) is 12.8 Å². The summed E-state index contributed by atoms with van der Waals surface area (Å²) in [5, 5.41) is 6.83. The van der Waals surface area contributed by atoms with Gasteiger partial charge in [-0.25, -0.2) is 8.42 Å². The van der Waals surface area contributed by atoms with E-state index in [1.54, 1.807) is 26.2 Å². The number of rotatable bonds is 8. The van der Waals surface area contributed by atoms with Crippen molar-refractivity contribution in [3.63, 3.8) is 0 Å². The third kappa shape index (κ3) is 5.80. The summed E-state index contributed by atoms with van der Waals surface area (Å²) in [6.45, 7) is 2.44. The first-order chi connectivity index (χ1) is 16.9. The number of sulfonamides is 1. The predicted octanol–water partition coefficient (Wildman–Crippen LogP) is 3.88. The van der Waals surface area contributed by atoms with Gasteiger partial charge in [0.1, 0.15) is 11.4 Å². The van der Waals surface area contributed by atoms with Crippen molar-refractivity contribution in [1.82, 2.24) is 14.8 Å². The van der Waals surface area contributed by atoms with Gasteiger partial charge in [-0.05, 0) is 49.1 Å². The lowest BCUT2D eigenvalue weighted by atomic mass is 9.99. The molecule has 1 saturated heterocycles. The van der Waals surface area contributed by atoms with E-state index >= 15 is 0 Å². The quantitative estimate of drug-likeness (QED) is 0.509.